The number of anilines is 2. The number of benzene rings is 2. The van der Waals surface area contributed by atoms with Crippen molar-refractivity contribution in [2.45, 2.75) is 25.2 Å². The molecule has 2 aromatic carbocycles. The van der Waals surface area contributed by atoms with E-state index in [1.807, 2.05) is 48.5 Å². The van der Waals surface area contributed by atoms with Crippen LogP contribution in [0.25, 0.3) is 38.9 Å². The molecule has 1 aliphatic carbocycles. The lowest BCUT2D eigenvalue weighted by Gasteiger charge is -2.19. The van der Waals surface area contributed by atoms with Crippen molar-refractivity contribution < 1.29 is 4.52 Å². The van der Waals surface area contributed by atoms with Crippen LogP contribution in [-0.4, -0.2) is 24.7 Å². The van der Waals surface area contributed by atoms with Crippen LogP contribution in [0.15, 0.2) is 101 Å². The van der Waals surface area contributed by atoms with E-state index in [4.69, 9.17) is 9.51 Å². The summed E-state index contributed by atoms with van der Waals surface area (Å²) in [6.45, 7) is 0. The fourth-order valence-corrected chi connectivity index (χ4v) is 5.34. The second-order valence-electron chi connectivity index (χ2n) is 9.47. The average molecular weight is 501 g/mol. The van der Waals surface area contributed by atoms with Gasteiger partial charge in [0, 0.05) is 23.2 Å². The molecule has 186 valence electrons. The molecule has 1 aliphatic rings. The zero-order chi connectivity index (χ0) is 25.5. The Morgan fingerprint density at radius 1 is 1.00 bits per heavy atom. The number of rotatable bonds is 5. The van der Waals surface area contributed by atoms with Crippen LogP contribution in [-0.2, 0) is 0 Å². The summed E-state index contributed by atoms with van der Waals surface area (Å²) in [4.78, 5) is 23.8. The van der Waals surface area contributed by atoms with Gasteiger partial charge in [-0.15, -0.1) is 0 Å². The molecule has 4 heterocycles. The summed E-state index contributed by atoms with van der Waals surface area (Å²) in [5.41, 5.74) is 5.44. The fourth-order valence-electron chi connectivity index (χ4n) is 5.34. The van der Waals surface area contributed by atoms with Gasteiger partial charge in [0.2, 0.25) is 0 Å². The number of nitrogens with one attached hydrogen (secondary N) is 2. The molecule has 8 heteroatoms. The third kappa shape index (κ3) is 3.78. The Morgan fingerprint density at radius 3 is 2.74 bits per heavy atom. The lowest BCUT2D eigenvalue weighted by atomic mass is 9.86. The molecule has 0 saturated carbocycles. The molecule has 1 atom stereocenters. The highest BCUT2D eigenvalue weighted by molar-refractivity contribution is 5.88. The highest BCUT2D eigenvalue weighted by Crippen LogP contribution is 2.39. The molecule has 0 saturated heterocycles. The predicted molar refractivity (Wildman–Crippen MR) is 148 cm³/mol. The molecule has 1 unspecified atom stereocenters. The van der Waals surface area contributed by atoms with E-state index in [9.17, 15) is 4.79 Å². The summed E-state index contributed by atoms with van der Waals surface area (Å²) >= 11 is 0. The highest BCUT2D eigenvalue weighted by Gasteiger charge is 2.27. The molecule has 8 nitrogen and oxygen atoms in total. The van der Waals surface area contributed by atoms with E-state index in [0.717, 1.165) is 52.5 Å². The van der Waals surface area contributed by atoms with Crippen LogP contribution < -0.4 is 10.9 Å². The van der Waals surface area contributed by atoms with Crippen molar-refractivity contribution in [1.82, 2.24) is 24.7 Å². The number of nitrogens with zero attached hydrogens (tertiary/aromatic N) is 4. The Bertz CT molecular complexity index is 1850. The average Bonchev–Trinajstić information content (AvgIpc) is 3.62. The normalized spacial score (nSPS) is 15.3. The Hall–Kier alpha value is -4.98. The Morgan fingerprint density at radius 2 is 1.92 bits per heavy atom. The number of pyridine rings is 1. The summed E-state index contributed by atoms with van der Waals surface area (Å²) in [5, 5.41) is 11.6. The van der Waals surface area contributed by atoms with Crippen LogP contribution in [0.1, 0.15) is 30.7 Å². The Labute approximate surface area is 217 Å². The number of H-pyrrole nitrogens is 1. The van der Waals surface area contributed by atoms with Crippen LogP contribution in [0.3, 0.4) is 0 Å². The number of aromatic nitrogens is 5. The van der Waals surface area contributed by atoms with Gasteiger partial charge < -0.3 is 9.84 Å². The van der Waals surface area contributed by atoms with Crippen molar-refractivity contribution in [2.75, 3.05) is 5.32 Å². The maximum atomic E-state index is 14.3. The number of hydrogen-bond donors (Lipinski definition) is 2. The first kappa shape index (κ1) is 22.2. The van der Waals surface area contributed by atoms with E-state index in [1.54, 1.807) is 16.8 Å². The topological polar surface area (TPSA) is 101 Å². The predicted octanol–water partition coefficient (Wildman–Crippen LogP) is 6.46. The number of fused-ring (bicyclic) bond motifs is 2. The molecule has 4 aromatic heterocycles. The zero-order valence-electron chi connectivity index (χ0n) is 20.5. The summed E-state index contributed by atoms with van der Waals surface area (Å²) < 4.78 is 6.63. The van der Waals surface area contributed by atoms with Gasteiger partial charge in [-0.25, -0.2) is 9.50 Å². The second-order valence-corrected chi connectivity index (χ2v) is 9.47. The first-order valence-electron chi connectivity index (χ1n) is 12.7. The maximum absolute atomic E-state index is 14.3. The summed E-state index contributed by atoms with van der Waals surface area (Å²) in [7, 11) is 0. The molecule has 6 aromatic rings. The molecule has 0 radical (unpaired) electrons. The van der Waals surface area contributed by atoms with Gasteiger partial charge >= 0.3 is 0 Å². The molecule has 0 spiro atoms. The molecular formula is C30H24N6O2. The van der Waals surface area contributed by atoms with Gasteiger partial charge in [-0.05, 0) is 54.5 Å². The van der Waals surface area contributed by atoms with E-state index in [0.29, 0.717) is 22.8 Å². The van der Waals surface area contributed by atoms with Crippen LogP contribution in [0.4, 0.5) is 11.6 Å². The molecule has 7 rings (SSSR count). The maximum Gasteiger partial charge on any atom is 0.282 e. The lowest BCUT2D eigenvalue weighted by Crippen LogP contribution is -2.20. The van der Waals surface area contributed by atoms with Crippen LogP contribution >= 0.6 is 0 Å². The number of aromatic amines is 1. The number of hydrogen-bond acceptors (Lipinski definition) is 6. The van der Waals surface area contributed by atoms with Crippen molar-refractivity contribution in [1.29, 1.82) is 0 Å². The molecule has 0 amide bonds. The van der Waals surface area contributed by atoms with Gasteiger partial charge in [0.25, 0.3) is 5.56 Å². The summed E-state index contributed by atoms with van der Waals surface area (Å²) in [5.74, 6) is 1.14. The molecular weight excluding hydrogens is 476 g/mol. The zero-order valence-corrected chi connectivity index (χ0v) is 20.5. The Balaban J connectivity index is 1.52. The van der Waals surface area contributed by atoms with Gasteiger partial charge in [0.05, 0.1) is 16.8 Å². The SMILES string of the molecule is O=c1c(-c2ccc3ncccc3c2)c(Nc2ccon2)nc2c(C3CC=CCC3)c(-c3ccccc3)[nH]n12. The van der Waals surface area contributed by atoms with Crippen molar-refractivity contribution >= 4 is 28.2 Å². The van der Waals surface area contributed by atoms with Crippen molar-refractivity contribution in [3.05, 3.63) is 107 Å². The van der Waals surface area contributed by atoms with Gasteiger partial charge in [-0.2, -0.15) is 0 Å². The summed E-state index contributed by atoms with van der Waals surface area (Å²) in [6, 6.07) is 21.5. The minimum absolute atomic E-state index is 0.195. The van der Waals surface area contributed by atoms with Crippen LogP contribution in [0, 0.1) is 0 Å². The van der Waals surface area contributed by atoms with Gasteiger partial charge in [-0.3, -0.25) is 14.9 Å². The summed E-state index contributed by atoms with van der Waals surface area (Å²) in [6.07, 6.45) is 10.6. The van der Waals surface area contributed by atoms with E-state index < -0.39 is 0 Å². The van der Waals surface area contributed by atoms with E-state index in [1.165, 1.54) is 6.26 Å². The first-order chi connectivity index (χ1) is 18.8. The Kier molecular flexibility index (Phi) is 5.36. The van der Waals surface area contributed by atoms with Crippen molar-refractivity contribution in [2.24, 2.45) is 0 Å². The lowest BCUT2D eigenvalue weighted by molar-refractivity contribution is 0.423. The molecule has 38 heavy (non-hydrogen) atoms. The monoisotopic (exact) mass is 500 g/mol. The molecule has 2 N–H and O–H groups in total. The van der Waals surface area contributed by atoms with Crippen molar-refractivity contribution in [3.8, 4) is 22.4 Å². The standard InChI is InChI=1S/C30H24N6O2/c37-30-26(22-13-14-23-21(18-22)12-7-16-31-23)28(32-24-15-17-38-35-24)33-29-25(19-8-3-1-4-9-19)27(34-36(29)30)20-10-5-2-6-11-20/h1-3,5-7,10-19,34H,4,8-9H2,(H,32,35). The number of allylic oxidation sites excluding steroid dienone is 2. The quantitative estimate of drug-likeness (QED) is 0.264. The minimum atomic E-state index is -0.195. The molecule has 0 aliphatic heterocycles. The van der Waals surface area contributed by atoms with Crippen LogP contribution in [0.5, 0.6) is 0 Å². The smallest absolute Gasteiger partial charge is 0.282 e. The van der Waals surface area contributed by atoms with E-state index in [2.05, 4.69) is 44.8 Å². The third-order valence-electron chi connectivity index (χ3n) is 7.13. The largest absolute Gasteiger partial charge is 0.363 e. The molecule has 0 fully saturated rings. The first-order valence-corrected chi connectivity index (χ1v) is 12.7. The third-order valence-corrected chi connectivity index (χ3v) is 7.13. The second kappa shape index (κ2) is 9.15. The van der Waals surface area contributed by atoms with Crippen LogP contribution in [0.2, 0.25) is 0 Å². The minimum Gasteiger partial charge on any atom is -0.363 e. The van der Waals surface area contributed by atoms with E-state index >= 15 is 0 Å². The van der Waals surface area contributed by atoms with Gasteiger partial charge in [0.15, 0.2) is 11.5 Å². The molecule has 0 bridgehead atoms. The van der Waals surface area contributed by atoms with Gasteiger partial charge in [-0.1, -0.05) is 59.8 Å². The van der Waals surface area contributed by atoms with E-state index in [-0.39, 0.29) is 11.5 Å². The highest BCUT2D eigenvalue weighted by atomic mass is 16.5. The fraction of sp³-hybridized carbons (Fsp3) is 0.133. The van der Waals surface area contributed by atoms with Crippen molar-refractivity contribution in [3.63, 3.8) is 0 Å². The van der Waals surface area contributed by atoms with Gasteiger partial charge in [0.1, 0.15) is 12.1 Å².